The maximum absolute atomic E-state index is 14.0. The van der Waals surface area contributed by atoms with Gasteiger partial charge in [-0.1, -0.05) is 42.2 Å². The highest BCUT2D eigenvalue weighted by Crippen LogP contribution is 2.24. The molecule has 5 aromatic rings. The van der Waals surface area contributed by atoms with Gasteiger partial charge >= 0.3 is 0 Å². The summed E-state index contributed by atoms with van der Waals surface area (Å²) in [5.41, 5.74) is 8.07. The second-order valence-electron chi connectivity index (χ2n) is 8.86. The first-order valence-electron chi connectivity index (χ1n) is 12.2. The lowest BCUT2D eigenvalue weighted by Crippen LogP contribution is -2.33. The number of carbonyl (C=O) groups excluding carboxylic acids is 2. The Balaban J connectivity index is 1.61. The minimum absolute atomic E-state index is 0.0554. The number of fused-ring (bicyclic) bond motifs is 2. The highest BCUT2D eigenvalue weighted by atomic mass is 16.2. The Morgan fingerprint density at radius 2 is 1.87 bits per heavy atom. The molecule has 3 heterocycles. The SMILES string of the molecule is CC(=O)NCC#Cc1cccc2cc([C@H](C)NC(=O)c3c(N)nc4cccnn34)n(-c3ccccc3)c(=O)c12. The lowest BCUT2D eigenvalue weighted by atomic mass is 10.0. The number of nitrogens with one attached hydrogen (secondary N) is 2. The summed E-state index contributed by atoms with van der Waals surface area (Å²) in [4.78, 5) is 42.8. The molecule has 0 radical (unpaired) electrons. The molecule has 4 N–H and O–H groups in total. The summed E-state index contributed by atoms with van der Waals surface area (Å²) in [5.74, 6) is 5.30. The molecule has 2 amide bonds. The molecule has 0 unspecified atom stereocenters. The first kappa shape index (κ1) is 25.2. The van der Waals surface area contributed by atoms with Gasteiger partial charge in [0.15, 0.2) is 17.2 Å². The smallest absolute Gasteiger partial charge is 0.274 e. The predicted octanol–water partition coefficient (Wildman–Crippen LogP) is 2.59. The van der Waals surface area contributed by atoms with Crippen molar-refractivity contribution in [3.8, 4) is 17.5 Å². The first-order chi connectivity index (χ1) is 18.8. The summed E-state index contributed by atoms with van der Waals surface area (Å²) >= 11 is 0. The Morgan fingerprint density at radius 3 is 2.64 bits per heavy atom. The summed E-state index contributed by atoms with van der Waals surface area (Å²) in [6.07, 6.45) is 1.54. The third-order valence-corrected chi connectivity index (χ3v) is 6.16. The Bertz CT molecular complexity index is 1850. The number of carbonyl (C=O) groups is 2. The lowest BCUT2D eigenvalue weighted by molar-refractivity contribution is -0.118. The molecule has 10 nitrogen and oxygen atoms in total. The number of nitrogens with two attached hydrogens (primary N) is 1. The van der Waals surface area contributed by atoms with Crippen molar-refractivity contribution in [3.63, 3.8) is 0 Å². The van der Waals surface area contributed by atoms with E-state index >= 15 is 0 Å². The van der Waals surface area contributed by atoms with Crippen LogP contribution in [0.1, 0.15) is 41.6 Å². The fourth-order valence-corrected chi connectivity index (χ4v) is 4.41. The Labute approximate surface area is 223 Å². The molecule has 39 heavy (non-hydrogen) atoms. The van der Waals surface area contributed by atoms with E-state index in [1.165, 1.54) is 11.4 Å². The summed E-state index contributed by atoms with van der Waals surface area (Å²) in [5, 5.41) is 10.9. The number of anilines is 1. The summed E-state index contributed by atoms with van der Waals surface area (Å²) in [6, 6.07) is 19.3. The zero-order valence-corrected chi connectivity index (χ0v) is 21.3. The van der Waals surface area contributed by atoms with Crippen LogP contribution in [0.4, 0.5) is 5.82 Å². The van der Waals surface area contributed by atoms with E-state index in [1.54, 1.807) is 35.9 Å². The van der Waals surface area contributed by atoms with Crippen LogP contribution in [0.15, 0.2) is 77.7 Å². The van der Waals surface area contributed by atoms with Crippen LogP contribution in [-0.4, -0.2) is 37.5 Å². The van der Waals surface area contributed by atoms with Crippen LogP contribution in [0, 0.1) is 11.8 Å². The Hall–Kier alpha value is -5.43. The monoisotopic (exact) mass is 519 g/mol. The number of rotatable bonds is 5. The van der Waals surface area contributed by atoms with E-state index in [4.69, 9.17) is 5.73 Å². The van der Waals surface area contributed by atoms with E-state index < -0.39 is 11.9 Å². The molecule has 0 saturated carbocycles. The van der Waals surface area contributed by atoms with Crippen LogP contribution in [0.25, 0.3) is 22.1 Å². The summed E-state index contributed by atoms with van der Waals surface area (Å²) in [7, 11) is 0. The second kappa shape index (κ2) is 10.5. The number of amides is 2. The molecular weight excluding hydrogens is 494 g/mol. The second-order valence-corrected chi connectivity index (χ2v) is 8.86. The third kappa shape index (κ3) is 4.93. The van der Waals surface area contributed by atoms with Crippen molar-refractivity contribution in [2.45, 2.75) is 19.9 Å². The number of hydrogen-bond donors (Lipinski definition) is 3. The van der Waals surface area contributed by atoms with E-state index in [9.17, 15) is 14.4 Å². The number of nitrogen functional groups attached to an aromatic ring is 1. The highest BCUT2D eigenvalue weighted by molar-refractivity contribution is 5.98. The van der Waals surface area contributed by atoms with Crippen molar-refractivity contribution in [3.05, 3.63) is 100 Å². The predicted molar refractivity (Wildman–Crippen MR) is 148 cm³/mol. The molecule has 0 spiro atoms. The molecule has 5 rings (SSSR count). The highest BCUT2D eigenvalue weighted by Gasteiger charge is 2.23. The van der Waals surface area contributed by atoms with Crippen LogP contribution >= 0.6 is 0 Å². The van der Waals surface area contributed by atoms with Gasteiger partial charge in [-0.2, -0.15) is 5.10 Å². The maximum atomic E-state index is 14.0. The quantitative estimate of drug-likeness (QED) is 0.305. The minimum Gasteiger partial charge on any atom is -0.382 e. The molecule has 0 saturated heterocycles. The first-order valence-corrected chi connectivity index (χ1v) is 12.2. The van der Waals surface area contributed by atoms with E-state index in [0.29, 0.717) is 33.4 Å². The van der Waals surface area contributed by atoms with E-state index in [1.807, 2.05) is 48.5 Å². The number of imidazole rings is 1. The Kier molecular flexibility index (Phi) is 6.80. The van der Waals surface area contributed by atoms with Gasteiger partial charge in [-0.3, -0.25) is 19.0 Å². The number of hydrogen-bond acceptors (Lipinski definition) is 6. The number of pyridine rings is 1. The number of para-hydroxylation sites is 1. The third-order valence-electron chi connectivity index (χ3n) is 6.16. The molecule has 0 aliphatic carbocycles. The van der Waals surface area contributed by atoms with Gasteiger partial charge < -0.3 is 16.4 Å². The molecule has 0 fully saturated rings. The van der Waals surface area contributed by atoms with E-state index in [0.717, 1.165) is 0 Å². The number of benzene rings is 2. The zero-order chi connectivity index (χ0) is 27.5. The van der Waals surface area contributed by atoms with Gasteiger partial charge in [-0.05, 0) is 48.7 Å². The van der Waals surface area contributed by atoms with Crippen molar-refractivity contribution in [1.82, 2.24) is 29.8 Å². The lowest BCUT2D eigenvalue weighted by Gasteiger charge is -2.21. The standard InChI is InChI=1S/C29H25N7O3/c1-18(33-28(38)26-27(30)34-24-14-8-16-32-36(24)26)23-17-21-10-6-9-20(11-7-15-31-19(2)37)25(21)29(39)35(23)22-12-4-3-5-13-22/h3-6,8-10,12-14,16-18H,15,30H2,1-2H3,(H,31,37)(H,33,38)/t18-/m0/s1. The van der Waals surface area contributed by atoms with Gasteiger partial charge in [0.25, 0.3) is 11.5 Å². The van der Waals surface area contributed by atoms with Crippen molar-refractivity contribution >= 4 is 34.1 Å². The van der Waals surface area contributed by atoms with Crippen LogP contribution in [0.2, 0.25) is 0 Å². The largest absolute Gasteiger partial charge is 0.382 e. The van der Waals surface area contributed by atoms with Crippen LogP contribution in [0.3, 0.4) is 0 Å². The van der Waals surface area contributed by atoms with Crippen LogP contribution < -0.4 is 21.9 Å². The molecule has 1 atom stereocenters. The molecule has 2 aromatic carbocycles. The normalized spacial score (nSPS) is 11.5. The molecule has 0 aliphatic rings. The topological polar surface area (TPSA) is 136 Å². The van der Waals surface area contributed by atoms with Crippen molar-refractivity contribution in [1.29, 1.82) is 0 Å². The summed E-state index contributed by atoms with van der Waals surface area (Å²) in [6.45, 7) is 3.38. The molecule has 194 valence electrons. The van der Waals surface area contributed by atoms with Gasteiger partial charge in [-0.15, -0.1) is 0 Å². The van der Waals surface area contributed by atoms with Gasteiger partial charge in [-0.25, -0.2) is 9.50 Å². The van der Waals surface area contributed by atoms with Gasteiger partial charge in [0.2, 0.25) is 5.91 Å². The number of nitrogens with zero attached hydrogens (tertiary/aromatic N) is 4. The fraction of sp³-hybridized carbons (Fsp3) is 0.138. The molecular formula is C29H25N7O3. The van der Waals surface area contributed by atoms with Crippen LogP contribution in [0.5, 0.6) is 0 Å². The van der Waals surface area contributed by atoms with Crippen molar-refractivity contribution in [2.75, 3.05) is 12.3 Å². The molecule has 3 aromatic heterocycles. The molecule has 0 bridgehead atoms. The maximum Gasteiger partial charge on any atom is 0.274 e. The minimum atomic E-state index is -0.599. The summed E-state index contributed by atoms with van der Waals surface area (Å²) < 4.78 is 2.95. The average Bonchev–Trinajstić information content (AvgIpc) is 3.27. The van der Waals surface area contributed by atoms with E-state index in [-0.39, 0.29) is 29.5 Å². The fourth-order valence-electron chi connectivity index (χ4n) is 4.41. The van der Waals surface area contributed by atoms with Gasteiger partial charge in [0.1, 0.15) is 0 Å². The van der Waals surface area contributed by atoms with Crippen molar-refractivity contribution in [2.24, 2.45) is 0 Å². The molecule has 0 aliphatic heterocycles. The zero-order valence-electron chi connectivity index (χ0n) is 21.3. The molecule has 10 heteroatoms. The average molecular weight is 520 g/mol. The van der Waals surface area contributed by atoms with Gasteiger partial charge in [0.05, 0.1) is 18.0 Å². The van der Waals surface area contributed by atoms with Crippen LogP contribution in [-0.2, 0) is 4.79 Å². The Morgan fingerprint density at radius 1 is 1.08 bits per heavy atom. The number of aromatic nitrogens is 4. The van der Waals surface area contributed by atoms with Gasteiger partial charge in [0, 0.05) is 30.1 Å². The van der Waals surface area contributed by atoms with E-state index in [2.05, 4.69) is 32.6 Å². The van der Waals surface area contributed by atoms with Crippen molar-refractivity contribution < 1.29 is 9.59 Å².